The predicted octanol–water partition coefficient (Wildman–Crippen LogP) is 3.29. The molecular weight excluding hydrogens is 528 g/mol. The summed E-state index contributed by atoms with van der Waals surface area (Å²) in [5.41, 5.74) is 2.71. The molecular formula is C31H34N2O8. The van der Waals surface area contributed by atoms with E-state index in [9.17, 15) is 14.7 Å². The van der Waals surface area contributed by atoms with Crippen LogP contribution in [0.5, 0.6) is 17.2 Å². The van der Waals surface area contributed by atoms with Gasteiger partial charge in [0.05, 0.1) is 28.4 Å². The Bertz CT molecular complexity index is 1470. The maximum atomic E-state index is 13.3. The van der Waals surface area contributed by atoms with Crippen LogP contribution in [0.3, 0.4) is 0 Å². The number of hydrogen-bond acceptors (Lipinski definition) is 10. The van der Waals surface area contributed by atoms with Crippen LogP contribution in [0, 0.1) is 11.8 Å². The number of hydrogen-bond donors (Lipinski definition) is 1. The van der Waals surface area contributed by atoms with E-state index in [0.29, 0.717) is 46.8 Å². The van der Waals surface area contributed by atoms with Gasteiger partial charge in [-0.2, -0.15) is 0 Å². The van der Waals surface area contributed by atoms with Crippen LogP contribution >= 0.6 is 0 Å². The molecule has 1 N–H and O–H groups in total. The first-order valence-corrected chi connectivity index (χ1v) is 13.7. The molecule has 2 aromatic carbocycles. The number of methoxy groups -OCH3 is 4. The van der Waals surface area contributed by atoms with Crippen molar-refractivity contribution in [1.29, 1.82) is 0 Å². The van der Waals surface area contributed by atoms with Gasteiger partial charge in [-0.25, -0.2) is 0 Å². The molecule has 10 nitrogen and oxygen atoms in total. The zero-order valence-electron chi connectivity index (χ0n) is 23.8. The van der Waals surface area contributed by atoms with Crippen LogP contribution in [0.25, 0.3) is 0 Å². The van der Waals surface area contributed by atoms with Crippen molar-refractivity contribution < 1.29 is 38.5 Å². The number of ether oxygens (including phenoxy) is 4. The Balaban J connectivity index is 1.53. The first-order chi connectivity index (χ1) is 19.8. The fourth-order valence-corrected chi connectivity index (χ4v) is 7.35. The van der Waals surface area contributed by atoms with Gasteiger partial charge in [-0.1, -0.05) is 5.16 Å². The molecule has 0 amide bonds. The minimum Gasteiger partial charge on any atom is -0.504 e. The van der Waals surface area contributed by atoms with E-state index in [-0.39, 0.29) is 35.7 Å². The van der Waals surface area contributed by atoms with Gasteiger partial charge >= 0.3 is 5.97 Å². The Kier molecular flexibility index (Phi) is 6.68. The molecule has 2 bridgehead atoms. The van der Waals surface area contributed by atoms with Gasteiger partial charge in [0.15, 0.2) is 29.1 Å². The fraction of sp³-hybridized carbons (Fsp3) is 0.452. The van der Waals surface area contributed by atoms with Gasteiger partial charge in [0.2, 0.25) is 0 Å². The molecule has 10 heteroatoms. The maximum Gasteiger partial charge on any atom is 0.319 e. The van der Waals surface area contributed by atoms with E-state index >= 15 is 0 Å². The minimum atomic E-state index is -0.868. The standard InChI is InChI=1S/C31H34N2O8/c1-33-11-10-31-15-22(34)23(38-3)14-20(31)21(33)12-18-19(13-24(39-4)28(35)26(18)31)29-25(30(36)40-5)27(32-41-29)16-6-8-17(37-2)9-7-16/h6-9,13-14,20-21,25,29,35H,10-12,15H2,1-5H3/t20-,21+,25-,29+,31-/m0/s1. The second kappa shape index (κ2) is 10.1. The summed E-state index contributed by atoms with van der Waals surface area (Å²) in [4.78, 5) is 34.9. The normalized spacial score (nSPS) is 28.5. The highest BCUT2D eigenvalue weighted by molar-refractivity contribution is 6.13. The summed E-state index contributed by atoms with van der Waals surface area (Å²) < 4.78 is 21.6. The number of ketones is 1. The number of nitrogens with zero attached hydrogens (tertiary/aromatic N) is 2. The van der Waals surface area contributed by atoms with Crippen molar-refractivity contribution in [2.24, 2.45) is 17.0 Å². The summed E-state index contributed by atoms with van der Waals surface area (Å²) in [6.07, 6.45) is 2.54. The van der Waals surface area contributed by atoms with E-state index in [1.54, 1.807) is 25.3 Å². The molecule has 2 heterocycles. The van der Waals surface area contributed by atoms with E-state index in [1.807, 2.05) is 18.2 Å². The number of esters is 1. The number of carbonyl (C=O) groups excluding carboxylic acids is 2. The first kappa shape index (κ1) is 27.1. The number of piperidine rings is 1. The molecule has 5 atom stereocenters. The molecule has 41 heavy (non-hydrogen) atoms. The Morgan fingerprint density at radius 1 is 1.12 bits per heavy atom. The van der Waals surface area contributed by atoms with E-state index in [4.69, 9.17) is 23.8 Å². The average molecular weight is 563 g/mol. The molecule has 0 aromatic heterocycles. The molecule has 6 rings (SSSR count). The molecule has 216 valence electrons. The second-order valence-corrected chi connectivity index (χ2v) is 11.1. The van der Waals surface area contributed by atoms with E-state index in [2.05, 4.69) is 17.1 Å². The van der Waals surface area contributed by atoms with Gasteiger partial charge in [0.25, 0.3) is 0 Å². The molecule has 4 aliphatic rings. The highest BCUT2D eigenvalue weighted by Crippen LogP contribution is 2.59. The minimum absolute atomic E-state index is 0.0187. The number of phenols is 1. The number of aromatic hydroxyl groups is 1. The number of phenolic OH excluding ortho intramolecular Hbond substituents is 1. The number of Topliss-reactive ketones (excluding diaryl/α,β-unsaturated/α-hetero) is 1. The largest absolute Gasteiger partial charge is 0.504 e. The number of benzene rings is 2. The van der Waals surface area contributed by atoms with Crippen molar-refractivity contribution in [2.45, 2.75) is 36.8 Å². The monoisotopic (exact) mass is 562 g/mol. The zero-order chi connectivity index (χ0) is 29.1. The quantitative estimate of drug-likeness (QED) is 0.530. The lowest BCUT2D eigenvalue weighted by Crippen LogP contribution is -2.60. The van der Waals surface area contributed by atoms with Gasteiger partial charge in [0.1, 0.15) is 17.4 Å². The highest BCUT2D eigenvalue weighted by atomic mass is 16.6. The summed E-state index contributed by atoms with van der Waals surface area (Å²) >= 11 is 0. The number of likely N-dealkylation sites (N-methyl/N-ethyl adjacent to an activating group) is 1. The van der Waals surface area contributed by atoms with Gasteiger partial charge in [-0.3, -0.25) is 9.59 Å². The van der Waals surface area contributed by atoms with Gasteiger partial charge in [-0.05, 0) is 68.4 Å². The average Bonchev–Trinajstić information content (AvgIpc) is 3.43. The van der Waals surface area contributed by atoms with E-state index in [1.165, 1.54) is 21.3 Å². The van der Waals surface area contributed by atoms with Crippen molar-refractivity contribution in [3.63, 3.8) is 0 Å². The molecule has 0 saturated carbocycles. The summed E-state index contributed by atoms with van der Waals surface area (Å²) in [6.45, 7) is 0.769. The van der Waals surface area contributed by atoms with Crippen LogP contribution in [-0.4, -0.2) is 75.5 Å². The Labute approximate surface area is 238 Å². The van der Waals surface area contributed by atoms with Crippen molar-refractivity contribution in [3.05, 3.63) is 64.4 Å². The van der Waals surface area contributed by atoms with Crippen LogP contribution in [0.15, 0.2) is 47.3 Å². The lowest BCUT2D eigenvalue weighted by atomic mass is 9.53. The molecule has 0 radical (unpaired) electrons. The molecule has 0 spiro atoms. The maximum absolute atomic E-state index is 13.3. The van der Waals surface area contributed by atoms with E-state index < -0.39 is 23.4 Å². The van der Waals surface area contributed by atoms with Crippen molar-refractivity contribution in [1.82, 2.24) is 4.90 Å². The fourth-order valence-electron chi connectivity index (χ4n) is 7.35. The van der Waals surface area contributed by atoms with Crippen molar-refractivity contribution in [3.8, 4) is 17.2 Å². The van der Waals surface area contributed by atoms with Crippen LogP contribution in [0.2, 0.25) is 0 Å². The SMILES string of the molecule is COC(=O)[C@H]1C(c2ccc(OC)cc2)=NO[C@@H]1c1cc(OC)c(O)c2c1C[C@@H]1[C@@H]3C=C(OC)C(=O)C[C@]23CCN1C. The summed E-state index contributed by atoms with van der Waals surface area (Å²) in [7, 11) is 8.01. The Hall–Kier alpha value is -4.05. The van der Waals surface area contributed by atoms with Gasteiger partial charge in [0, 0.05) is 40.5 Å². The third-order valence-corrected chi connectivity index (χ3v) is 9.38. The molecule has 2 aliphatic heterocycles. The Morgan fingerprint density at radius 3 is 2.54 bits per heavy atom. The summed E-state index contributed by atoms with van der Waals surface area (Å²) in [6, 6.07) is 9.01. The van der Waals surface area contributed by atoms with Gasteiger partial charge < -0.3 is 33.8 Å². The highest BCUT2D eigenvalue weighted by Gasteiger charge is 2.58. The van der Waals surface area contributed by atoms with Crippen molar-refractivity contribution >= 4 is 17.5 Å². The number of carbonyl (C=O) groups is 2. The second-order valence-electron chi connectivity index (χ2n) is 11.1. The first-order valence-electron chi connectivity index (χ1n) is 13.7. The zero-order valence-corrected chi connectivity index (χ0v) is 23.8. The third kappa shape index (κ3) is 3.99. The smallest absolute Gasteiger partial charge is 0.319 e. The topological polar surface area (TPSA) is 116 Å². The number of fused-ring (bicyclic) bond motifs is 1. The number of likely N-dealkylation sites (tertiary alicyclic amines) is 1. The van der Waals surface area contributed by atoms with Crippen LogP contribution in [0.4, 0.5) is 0 Å². The molecule has 0 unspecified atom stereocenters. The lowest BCUT2D eigenvalue weighted by molar-refractivity contribution is -0.146. The number of allylic oxidation sites excluding steroid dienone is 1. The molecule has 2 aromatic rings. The van der Waals surface area contributed by atoms with Crippen LogP contribution in [-0.2, 0) is 35.7 Å². The molecule has 1 fully saturated rings. The lowest BCUT2D eigenvalue weighted by Gasteiger charge is -2.57. The van der Waals surface area contributed by atoms with E-state index in [0.717, 1.165) is 12.1 Å². The van der Waals surface area contributed by atoms with Crippen molar-refractivity contribution in [2.75, 3.05) is 42.0 Å². The predicted molar refractivity (Wildman–Crippen MR) is 148 cm³/mol. The Morgan fingerprint density at radius 2 is 1.88 bits per heavy atom. The molecule has 2 aliphatic carbocycles. The number of oxime groups is 1. The number of rotatable bonds is 6. The van der Waals surface area contributed by atoms with Crippen LogP contribution in [0.1, 0.15) is 41.2 Å². The third-order valence-electron chi connectivity index (χ3n) is 9.38. The summed E-state index contributed by atoms with van der Waals surface area (Å²) in [5, 5.41) is 16.0. The van der Waals surface area contributed by atoms with Crippen LogP contribution < -0.4 is 9.47 Å². The summed E-state index contributed by atoms with van der Waals surface area (Å²) in [5.74, 6) is -0.209. The van der Waals surface area contributed by atoms with Gasteiger partial charge in [-0.15, -0.1) is 0 Å². The molecule has 1 saturated heterocycles.